The molecule has 0 bridgehead atoms. The molecule has 0 aliphatic heterocycles. The fraction of sp³-hybridized carbons (Fsp3) is 0.111. The molecule has 4 nitrogen and oxygen atoms in total. The van der Waals surface area contributed by atoms with Crippen molar-refractivity contribution in [1.29, 1.82) is 0 Å². The molecule has 0 radical (unpaired) electrons. The molecular weight excluding hydrogens is 352 g/mol. The Bertz CT molecular complexity index is 907. The Hall–Kier alpha value is -3.16. The number of hydrogen-bond acceptors (Lipinski definition) is 3. The summed E-state index contributed by atoms with van der Waals surface area (Å²) < 4.78 is 58.5. The quantitative estimate of drug-likeness (QED) is 0.693. The number of alkyl halides is 3. The minimum atomic E-state index is -4.70. The maximum Gasteiger partial charge on any atom is 0.412 e. The van der Waals surface area contributed by atoms with Crippen LogP contribution >= 0.6 is 0 Å². The smallest absolute Gasteiger partial charge is 0.355 e. The molecule has 134 valence electrons. The Balaban J connectivity index is 1.84. The van der Waals surface area contributed by atoms with E-state index in [1.165, 1.54) is 42.5 Å². The van der Waals surface area contributed by atoms with Gasteiger partial charge in [0.2, 0.25) is 0 Å². The lowest BCUT2D eigenvalue weighted by Crippen LogP contribution is -2.38. The minimum absolute atomic E-state index is 0.0504. The van der Waals surface area contributed by atoms with E-state index in [0.29, 0.717) is 0 Å². The lowest BCUT2D eigenvalue weighted by Gasteiger charge is -2.21. The molecule has 26 heavy (non-hydrogen) atoms. The molecule has 2 aromatic carbocycles. The van der Waals surface area contributed by atoms with E-state index in [1.54, 1.807) is 12.1 Å². The third kappa shape index (κ3) is 3.74. The first-order valence-corrected chi connectivity index (χ1v) is 7.50. The highest BCUT2D eigenvalue weighted by Gasteiger charge is 2.42. The highest BCUT2D eigenvalue weighted by molar-refractivity contribution is 5.93. The van der Waals surface area contributed by atoms with Crippen LogP contribution in [0.4, 0.5) is 17.6 Å². The van der Waals surface area contributed by atoms with Gasteiger partial charge in [-0.1, -0.05) is 47.6 Å². The number of halogens is 4. The first-order valence-electron chi connectivity index (χ1n) is 7.50. The number of amides is 1. The van der Waals surface area contributed by atoms with Crippen molar-refractivity contribution < 1.29 is 26.9 Å². The molecular formula is C18H12F4N2O2. The predicted molar refractivity (Wildman–Crippen MR) is 84.6 cm³/mol. The van der Waals surface area contributed by atoms with Crippen LogP contribution < -0.4 is 5.32 Å². The summed E-state index contributed by atoms with van der Waals surface area (Å²) in [5.41, 5.74) is -0.450. The van der Waals surface area contributed by atoms with Gasteiger partial charge in [-0.3, -0.25) is 4.79 Å². The lowest BCUT2D eigenvalue weighted by molar-refractivity contribution is -0.155. The molecule has 1 unspecified atom stereocenters. The highest BCUT2D eigenvalue weighted by Crippen LogP contribution is 2.33. The van der Waals surface area contributed by atoms with Crippen molar-refractivity contribution in [3.63, 3.8) is 0 Å². The summed E-state index contributed by atoms with van der Waals surface area (Å²) in [6.07, 6.45) is -4.70. The van der Waals surface area contributed by atoms with E-state index >= 15 is 0 Å². The van der Waals surface area contributed by atoms with Crippen LogP contribution in [0, 0.1) is 5.82 Å². The van der Waals surface area contributed by atoms with Gasteiger partial charge in [-0.15, -0.1) is 0 Å². The van der Waals surface area contributed by atoms with Gasteiger partial charge in [0.1, 0.15) is 5.82 Å². The summed E-state index contributed by atoms with van der Waals surface area (Å²) >= 11 is 0. The van der Waals surface area contributed by atoms with Gasteiger partial charge in [-0.2, -0.15) is 13.2 Å². The fourth-order valence-electron chi connectivity index (χ4n) is 2.37. The van der Waals surface area contributed by atoms with Crippen LogP contribution in [0.2, 0.25) is 0 Å². The second-order valence-corrected chi connectivity index (χ2v) is 5.42. The number of nitrogens with zero attached hydrogens (tertiary/aromatic N) is 1. The van der Waals surface area contributed by atoms with Gasteiger partial charge in [-0.25, -0.2) is 4.39 Å². The number of nitrogens with one attached hydrogen (secondary N) is 1. The Morgan fingerprint density at radius 1 is 1.04 bits per heavy atom. The van der Waals surface area contributed by atoms with Gasteiger partial charge in [0.15, 0.2) is 17.5 Å². The van der Waals surface area contributed by atoms with Crippen molar-refractivity contribution in [3.05, 3.63) is 77.7 Å². The maximum atomic E-state index is 13.7. The maximum absolute atomic E-state index is 13.7. The average Bonchev–Trinajstić information content (AvgIpc) is 3.09. The largest absolute Gasteiger partial charge is 0.412 e. The Kier molecular flexibility index (Phi) is 4.75. The van der Waals surface area contributed by atoms with Crippen molar-refractivity contribution in [2.24, 2.45) is 0 Å². The van der Waals surface area contributed by atoms with Crippen molar-refractivity contribution in [2.75, 3.05) is 0 Å². The van der Waals surface area contributed by atoms with Crippen molar-refractivity contribution >= 4 is 5.91 Å². The van der Waals surface area contributed by atoms with Gasteiger partial charge < -0.3 is 9.84 Å². The number of benzene rings is 2. The normalized spacial score (nSPS) is 12.6. The number of carbonyl (C=O) groups excluding carboxylic acids is 1. The first-order chi connectivity index (χ1) is 12.4. The molecule has 1 aromatic heterocycles. The van der Waals surface area contributed by atoms with Crippen LogP contribution in [-0.4, -0.2) is 17.2 Å². The van der Waals surface area contributed by atoms with Crippen LogP contribution in [0.1, 0.15) is 22.1 Å². The Morgan fingerprint density at radius 3 is 2.35 bits per heavy atom. The average molecular weight is 364 g/mol. The van der Waals surface area contributed by atoms with E-state index in [1.807, 2.05) is 5.32 Å². The van der Waals surface area contributed by atoms with Crippen LogP contribution in [0.5, 0.6) is 0 Å². The van der Waals surface area contributed by atoms with Crippen molar-refractivity contribution in [1.82, 2.24) is 10.5 Å². The minimum Gasteiger partial charge on any atom is -0.355 e. The van der Waals surface area contributed by atoms with Gasteiger partial charge in [0.25, 0.3) is 5.91 Å². The van der Waals surface area contributed by atoms with E-state index in [0.717, 1.165) is 6.07 Å². The molecule has 1 heterocycles. The summed E-state index contributed by atoms with van der Waals surface area (Å²) in [7, 11) is 0. The van der Waals surface area contributed by atoms with E-state index < -0.39 is 23.9 Å². The molecule has 8 heteroatoms. The Labute approximate surface area is 145 Å². The van der Waals surface area contributed by atoms with E-state index in [9.17, 15) is 22.4 Å². The van der Waals surface area contributed by atoms with E-state index in [4.69, 9.17) is 4.52 Å². The third-order valence-corrected chi connectivity index (χ3v) is 3.62. The number of aromatic nitrogens is 1. The molecule has 0 fully saturated rings. The third-order valence-electron chi connectivity index (χ3n) is 3.62. The molecule has 0 aliphatic rings. The summed E-state index contributed by atoms with van der Waals surface area (Å²) in [4.78, 5) is 12.2. The van der Waals surface area contributed by atoms with E-state index in [-0.39, 0.29) is 22.6 Å². The molecule has 1 atom stereocenters. The number of carbonyl (C=O) groups is 1. The molecule has 1 N–H and O–H groups in total. The molecule has 1 amide bonds. The Morgan fingerprint density at radius 2 is 1.69 bits per heavy atom. The zero-order valence-electron chi connectivity index (χ0n) is 13.1. The van der Waals surface area contributed by atoms with Gasteiger partial charge >= 0.3 is 6.18 Å². The second kappa shape index (κ2) is 6.99. The predicted octanol–water partition coefficient (Wildman–Crippen LogP) is 4.51. The molecule has 0 aliphatic carbocycles. The lowest BCUT2D eigenvalue weighted by atomic mass is 10.1. The van der Waals surface area contributed by atoms with Crippen LogP contribution in [0.15, 0.2) is 65.2 Å². The summed E-state index contributed by atoms with van der Waals surface area (Å²) in [5, 5.41) is 5.33. The molecule has 3 rings (SSSR count). The van der Waals surface area contributed by atoms with Gasteiger partial charge in [-0.05, 0) is 17.7 Å². The topological polar surface area (TPSA) is 55.1 Å². The monoisotopic (exact) mass is 364 g/mol. The zero-order chi connectivity index (χ0) is 18.7. The standard InChI is InChI=1S/C18H12F4N2O2/c19-13-9-5-4-8-12(13)15-10-14(24-26-15)17(25)23-16(18(20,21)22)11-6-2-1-3-7-11/h1-10,16H,(H,23,25). The summed E-state index contributed by atoms with van der Waals surface area (Å²) in [6.45, 7) is 0. The molecule has 0 spiro atoms. The fourth-order valence-corrected chi connectivity index (χ4v) is 2.37. The SMILES string of the molecule is O=C(NC(c1ccccc1)C(F)(F)F)c1cc(-c2ccccc2F)on1. The molecule has 0 saturated carbocycles. The van der Waals surface area contributed by atoms with Crippen molar-refractivity contribution in [2.45, 2.75) is 12.2 Å². The molecule has 0 saturated heterocycles. The number of hydrogen-bond donors (Lipinski definition) is 1. The van der Waals surface area contributed by atoms with Gasteiger partial charge in [0, 0.05) is 6.07 Å². The number of rotatable bonds is 4. The van der Waals surface area contributed by atoms with Crippen LogP contribution in [-0.2, 0) is 0 Å². The van der Waals surface area contributed by atoms with E-state index in [2.05, 4.69) is 5.16 Å². The zero-order valence-corrected chi connectivity index (χ0v) is 13.1. The summed E-state index contributed by atoms with van der Waals surface area (Å²) in [5.74, 6) is -1.74. The second-order valence-electron chi connectivity index (χ2n) is 5.42. The van der Waals surface area contributed by atoms with Crippen LogP contribution in [0.25, 0.3) is 11.3 Å². The molecule has 3 aromatic rings. The van der Waals surface area contributed by atoms with Crippen molar-refractivity contribution in [3.8, 4) is 11.3 Å². The highest BCUT2D eigenvalue weighted by atomic mass is 19.4. The first kappa shape index (κ1) is 17.7. The van der Waals surface area contributed by atoms with Gasteiger partial charge in [0.05, 0.1) is 5.56 Å². The summed E-state index contributed by atoms with van der Waals surface area (Å²) in [6, 6.07) is 11.4. The van der Waals surface area contributed by atoms with Crippen LogP contribution in [0.3, 0.4) is 0 Å².